The number of ether oxygens (including phenoxy) is 1. The largest absolute Gasteiger partial charge is 0.484 e. The maximum absolute atomic E-state index is 13.7. The molecule has 190 valence electrons. The minimum atomic E-state index is -0.923. The summed E-state index contributed by atoms with van der Waals surface area (Å²) in [5, 5.41) is 15.0. The van der Waals surface area contributed by atoms with Crippen molar-refractivity contribution in [1.29, 1.82) is 0 Å². The molecule has 0 unspecified atom stereocenters. The third-order valence-corrected chi connectivity index (χ3v) is 10.8. The summed E-state index contributed by atoms with van der Waals surface area (Å²) in [6, 6.07) is 14.9. The Morgan fingerprint density at radius 3 is 2.30 bits per heavy atom. The lowest BCUT2D eigenvalue weighted by molar-refractivity contribution is -0.150. The molecule has 2 N–H and O–H groups in total. The Balaban J connectivity index is 1.18. The molecular formula is C29H28N2O4S2. The molecule has 4 aromatic rings. The molecule has 2 heterocycles. The Hall–Kier alpha value is -2.97. The molecule has 6 nitrogen and oxygen atoms in total. The molecule has 8 heteroatoms. The predicted octanol–water partition coefficient (Wildman–Crippen LogP) is 6.49. The van der Waals surface area contributed by atoms with Gasteiger partial charge in [0, 0.05) is 15.5 Å². The van der Waals surface area contributed by atoms with E-state index in [0.29, 0.717) is 28.4 Å². The first-order chi connectivity index (χ1) is 18.0. The van der Waals surface area contributed by atoms with Crippen molar-refractivity contribution in [3.05, 3.63) is 58.4 Å². The number of carbonyl (C=O) groups is 2. The van der Waals surface area contributed by atoms with Crippen molar-refractivity contribution in [3.63, 3.8) is 0 Å². The van der Waals surface area contributed by atoms with Crippen LogP contribution in [0, 0.1) is 23.2 Å². The molecule has 1 amide bonds. The minimum Gasteiger partial charge on any atom is -0.484 e. The van der Waals surface area contributed by atoms with E-state index in [4.69, 9.17) is 4.74 Å². The molecule has 4 aliphatic carbocycles. The lowest BCUT2D eigenvalue weighted by Gasteiger charge is -2.58. The first kappa shape index (κ1) is 23.2. The standard InChI is InChI=1S/C29H28N2O4S2/c32-27(31-26(28(33)34)29-12-16-9-17(13-29)11-18(10-16)14-29)25-24(19-5-1-3-7-21(19)37-25)35-15-23-30-20-6-2-4-8-22(20)36-23/h1-8,16-18,26H,9-15H2,(H,31,32)(H,33,34)/t16-,17-,18-,26-,29?/m1/s1. The van der Waals surface area contributed by atoms with Gasteiger partial charge in [0.2, 0.25) is 0 Å². The second-order valence-electron chi connectivity index (χ2n) is 11.1. The highest BCUT2D eigenvalue weighted by atomic mass is 32.1. The zero-order valence-corrected chi connectivity index (χ0v) is 21.9. The number of aliphatic carboxylic acids is 1. The summed E-state index contributed by atoms with van der Waals surface area (Å²) in [4.78, 5) is 31.4. The van der Waals surface area contributed by atoms with Crippen LogP contribution in [-0.2, 0) is 11.4 Å². The van der Waals surface area contributed by atoms with Crippen LogP contribution in [0.4, 0.5) is 0 Å². The number of carboxylic acids is 1. The third kappa shape index (κ3) is 4.01. The van der Waals surface area contributed by atoms with Gasteiger partial charge in [0.15, 0.2) is 5.75 Å². The molecule has 0 spiro atoms. The smallest absolute Gasteiger partial charge is 0.326 e. The maximum atomic E-state index is 13.7. The Labute approximate surface area is 222 Å². The zero-order valence-electron chi connectivity index (χ0n) is 20.3. The van der Waals surface area contributed by atoms with Crippen molar-refractivity contribution >= 4 is 54.9 Å². The van der Waals surface area contributed by atoms with Crippen molar-refractivity contribution in [1.82, 2.24) is 10.3 Å². The van der Waals surface area contributed by atoms with Gasteiger partial charge in [0.1, 0.15) is 22.5 Å². The van der Waals surface area contributed by atoms with E-state index in [0.717, 1.165) is 44.6 Å². The van der Waals surface area contributed by atoms with Crippen LogP contribution >= 0.6 is 22.7 Å². The number of hydrogen-bond donors (Lipinski definition) is 2. The van der Waals surface area contributed by atoms with Gasteiger partial charge in [-0.1, -0.05) is 24.3 Å². The second kappa shape index (κ2) is 8.81. The summed E-state index contributed by atoms with van der Waals surface area (Å²) in [5.74, 6) is 1.02. The first-order valence-electron chi connectivity index (χ1n) is 13.0. The predicted molar refractivity (Wildman–Crippen MR) is 145 cm³/mol. The van der Waals surface area contributed by atoms with Crippen LogP contribution in [0.2, 0.25) is 0 Å². The molecule has 1 atom stereocenters. The normalized spacial score (nSPS) is 27.0. The number of thiazole rings is 1. The number of amides is 1. The van der Waals surface area contributed by atoms with Crippen LogP contribution in [0.1, 0.15) is 53.2 Å². The first-order valence-corrected chi connectivity index (χ1v) is 14.6. The molecule has 37 heavy (non-hydrogen) atoms. The second-order valence-corrected chi connectivity index (χ2v) is 13.3. The van der Waals surface area contributed by atoms with Crippen molar-refractivity contribution < 1.29 is 19.4 Å². The van der Waals surface area contributed by atoms with Crippen molar-refractivity contribution in [2.45, 2.75) is 51.2 Å². The highest BCUT2D eigenvalue weighted by Gasteiger charge is 2.56. The van der Waals surface area contributed by atoms with E-state index in [1.807, 2.05) is 48.5 Å². The number of aromatic nitrogens is 1. The van der Waals surface area contributed by atoms with Crippen LogP contribution in [0.25, 0.3) is 20.3 Å². The zero-order chi connectivity index (χ0) is 25.1. The molecule has 0 radical (unpaired) electrons. The highest BCUT2D eigenvalue weighted by Crippen LogP contribution is 2.61. The Kier molecular flexibility index (Phi) is 5.51. The molecule has 4 bridgehead atoms. The fourth-order valence-electron chi connectivity index (χ4n) is 7.63. The number of para-hydroxylation sites is 1. The van der Waals surface area contributed by atoms with E-state index >= 15 is 0 Å². The molecule has 2 aromatic carbocycles. The van der Waals surface area contributed by atoms with Gasteiger partial charge >= 0.3 is 5.97 Å². The van der Waals surface area contributed by atoms with Crippen LogP contribution < -0.4 is 10.1 Å². The summed E-state index contributed by atoms with van der Waals surface area (Å²) in [5.41, 5.74) is 0.591. The van der Waals surface area contributed by atoms with Gasteiger partial charge in [0.05, 0.1) is 10.2 Å². The van der Waals surface area contributed by atoms with Gasteiger partial charge in [0.25, 0.3) is 5.91 Å². The van der Waals surface area contributed by atoms with E-state index in [2.05, 4.69) is 10.3 Å². The fourth-order valence-corrected chi connectivity index (χ4v) is 9.57. The molecule has 4 saturated carbocycles. The summed E-state index contributed by atoms with van der Waals surface area (Å²) >= 11 is 2.93. The van der Waals surface area contributed by atoms with Gasteiger partial charge in [-0.3, -0.25) is 4.79 Å². The Morgan fingerprint density at radius 2 is 1.62 bits per heavy atom. The molecule has 8 rings (SSSR count). The van der Waals surface area contributed by atoms with Gasteiger partial charge in [-0.2, -0.15) is 0 Å². The number of nitrogens with one attached hydrogen (secondary N) is 1. The van der Waals surface area contributed by atoms with E-state index in [1.54, 1.807) is 11.3 Å². The lowest BCUT2D eigenvalue weighted by atomic mass is 9.47. The topological polar surface area (TPSA) is 88.5 Å². The average molecular weight is 533 g/mol. The number of rotatable bonds is 7. The Bertz CT molecular complexity index is 1450. The number of carbonyl (C=O) groups excluding carboxylic acids is 1. The van der Waals surface area contributed by atoms with E-state index in [1.165, 1.54) is 30.6 Å². The van der Waals surface area contributed by atoms with Crippen LogP contribution in [0.3, 0.4) is 0 Å². The van der Waals surface area contributed by atoms with E-state index < -0.39 is 12.0 Å². The minimum absolute atomic E-state index is 0.248. The summed E-state index contributed by atoms with van der Waals surface area (Å²) in [6.45, 7) is 0.248. The molecule has 4 aliphatic rings. The monoisotopic (exact) mass is 532 g/mol. The van der Waals surface area contributed by atoms with Gasteiger partial charge < -0.3 is 15.2 Å². The SMILES string of the molecule is O=C(N[C@H](C(=O)O)C12C[C@H]3C[C@H](C1)C[C@@H](C2)C3)c1sc2ccccc2c1OCc1nc2ccccc2s1. The number of thiophene rings is 1. The number of benzene rings is 2. The van der Waals surface area contributed by atoms with Gasteiger partial charge in [-0.25, -0.2) is 9.78 Å². The quantitative estimate of drug-likeness (QED) is 0.284. The van der Waals surface area contributed by atoms with Crippen molar-refractivity contribution in [2.75, 3.05) is 0 Å². The van der Waals surface area contributed by atoms with Crippen LogP contribution in [-0.4, -0.2) is 28.0 Å². The number of hydrogen-bond acceptors (Lipinski definition) is 6. The van der Waals surface area contributed by atoms with Gasteiger partial charge in [-0.15, -0.1) is 22.7 Å². The fraction of sp³-hybridized carbons (Fsp3) is 0.414. The molecule has 2 aromatic heterocycles. The van der Waals surface area contributed by atoms with Crippen LogP contribution in [0.15, 0.2) is 48.5 Å². The average Bonchev–Trinajstić information content (AvgIpc) is 3.46. The van der Waals surface area contributed by atoms with E-state index in [-0.39, 0.29) is 17.9 Å². The number of fused-ring (bicyclic) bond motifs is 2. The third-order valence-electron chi connectivity index (χ3n) is 8.65. The van der Waals surface area contributed by atoms with Gasteiger partial charge in [-0.05, 0) is 80.5 Å². The van der Waals surface area contributed by atoms with Crippen molar-refractivity contribution in [2.24, 2.45) is 23.2 Å². The highest BCUT2D eigenvalue weighted by molar-refractivity contribution is 7.21. The van der Waals surface area contributed by atoms with Crippen LogP contribution in [0.5, 0.6) is 5.75 Å². The molecular weight excluding hydrogens is 504 g/mol. The number of carboxylic acid groups (broad SMARTS) is 1. The summed E-state index contributed by atoms with van der Waals surface area (Å²) in [7, 11) is 0. The van der Waals surface area contributed by atoms with Crippen molar-refractivity contribution in [3.8, 4) is 5.75 Å². The molecule has 0 aliphatic heterocycles. The number of nitrogens with zero attached hydrogens (tertiary/aromatic N) is 1. The van der Waals surface area contributed by atoms with E-state index in [9.17, 15) is 14.7 Å². The molecule has 0 saturated heterocycles. The lowest BCUT2D eigenvalue weighted by Crippen LogP contribution is -2.59. The summed E-state index contributed by atoms with van der Waals surface area (Å²) in [6.07, 6.45) is 6.38. The molecule has 4 fully saturated rings. The summed E-state index contributed by atoms with van der Waals surface area (Å²) < 4.78 is 8.30. The Morgan fingerprint density at radius 1 is 0.973 bits per heavy atom. The maximum Gasteiger partial charge on any atom is 0.326 e.